The molecule has 2 rings (SSSR count). The molecule has 0 aliphatic rings. The molecule has 0 bridgehead atoms. The molecular formula is C11H11ClN2OS2. The number of rotatable bonds is 3. The third kappa shape index (κ3) is 2.56. The van der Waals surface area contributed by atoms with Crippen LogP contribution < -0.4 is 5.73 Å². The molecule has 0 fully saturated rings. The van der Waals surface area contributed by atoms with Crippen LogP contribution in [0.4, 0.5) is 5.82 Å². The van der Waals surface area contributed by atoms with Crippen molar-refractivity contribution < 1.29 is 4.52 Å². The maximum absolute atomic E-state index is 6.24. The highest BCUT2D eigenvalue weighted by atomic mass is 35.5. The molecule has 0 aliphatic carbocycles. The Labute approximate surface area is 113 Å². The number of nitrogens with zero attached hydrogens (tertiary/aromatic N) is 1. The lowest BCUT2D eigenvalue weighted by molar-refractivity contribution is 0.435. The molecule has 6 heteroatoms. The lowest BCUT2D eigenvalue weighted by atomic mass is 10.2. The summed E-state index contributed by atoms with van der Waals surface area (Å²) in [7, 11) is 0. The molecule has 1 aromatic heterocycles. The van der Waals surface area contributed by atoms with Crippen molar-refractivity contribution in [1.29, 1.82) is 0 Å². The van der Waals surface area contributed by atoms with Gasteiger partial charge in [0, 0.05) is 21.4 Å². The van der Waals surface area contributed by atoms with E-state index in [2.05, 4.69) is 5.16 Å². The first-order chi connectivity index (χ1) is 8.15. The predicted molar refractivity (Wildman–Crippen MR) is 74.9 cm³/mol. The second-order valence-corrected chi connectivity index (χ2v) is 5.38. The fourth-order valence-electron chi connectivity index (χ4n) is 1.49. The third-order valence-corrected chi connectivity index (χ3v) is 4.40. The Morgan fingerprint density at radius 1 is 1.24 bits per heavy atom. The Balaban J connectivity index is 2.53. The molecule has 1 aromatic carbocycles. The van der Waals surface area contributed by atoms with Gasteiger partial charge in [-0.3, -0.25) is 0 Å². The Bertz CT molecular complexity index is 542. The monoisotopic (exact) mass is 286 g/mol. The fraction of sp³-hybridized carbons (Fsp3) is 0.182. The van der Waals surface area contributed by atoms with E-state index >= 15 is 0 Å². The van der Waals surface area contributed by atoms with Gasteiger partial charge in [0.2, 0.25) is 0 Å². The van der Waals surface area contributed by atoms with Gasteiger partial charge in [-0.1, -0.05) is 16.8 Å². The van der Waals surface area contributed by atoms with Crippen LogP contribution in [0.1, 0.15) is 0 Å². The van der Waals surface area contributed by atoms with Crippen LogP contribution in [0.25, 0.3) is 11.3 Å². The van der Waals surface area contributed by atoms with Crippen molar-refractivity contribution in [3.05, 3.63) is 23.2 Å². The Kier molecular flexibility index (Phi) is 3.91. The van der Waals surface area contributed by atoms with Gasteiger partial charge in [0.05, 0.1) is 5.02 Å². The molecule has 17 heavy (non-hydrogen) atoms. The van der Waals surface area contributed by atoms with Crippen LogP contribution in [0.5, 0.6) is 0 Å². The number of nitrogen functional groups attached to an aromatic ring is 1. The standard InChI is InChI=1S/C11H11ClN2OS2/c1-16-9-4-6(3-7(12)11(9)17-2)8-5-10(13)14-15-8/h3-5H,1-2H3,(H2,13,14). The minimum absolute atomic E-state index is 0.371. The molecule has 1 heterocycles. The summed E-state index contributed by atoms with van der Waals surface area (Å²) in [5, 5.41) is 4.39. The molecule has 2 N–H and O–H groups in total. The zero-order valence-corrected chi connectivity index (χ0v) is 11.7. The summed E-state index contributed by atoms with van der Waals surface area (Å²) in [6.45, 7) is 0. The SMILES string of the molecule is CSc1cc(-c2cc(N)no2)cc(Cl)c1SC. The van der Waals surface area contributed by atoms with E-state index in [1.54, 1.807) is 29.6 Å². The largest absolute Gasteiger partial charge is 0.381 e. The van der Waals surface area contributed by atoms with E-state index in [4.69, 9.17) is 21.9 Å². The number of halogens is 1. The van der Waals surface area contributed by atoms with Crippen LogP contribution in [0.15, 0.2) is 32.5 Å². The second-order valence-electron chi connectivity index (χ2n) is 3.31. The highest BCUT2D eigenvalue weighted by molar-refractivity contribution is 8.01. The first-order valence-electron chi connectivity index (χ1n) is 4.79. The van der Waals surface area contributed by atoms with Gasteiger partial charge in [0.25, 0.3) is 0 Å². The van der Waals surface area contributed by atoms with Crippen molar-refractivity contribution in [3.8, 4) is 11.3 Å². The molecule has 0 amide bonds. The van der Waals surface area contributed by atoms with Crippen LogP contribution in [0.3, 0.4) is 0 Å². The molecular weight excluding hydrogens is 276 g/mol. The molecule has 0 radical (unpaired) electrons. The average molecular weight is 287 g/mol. The van der Waals surface area contributed by atoms with Gasteiger partial charge in [-0.25, -0.2) is 0 Å². The molecule has 90 valence electrons. The van der Waals surface area contributed by atoms with E-state index in [-0.39, 0.29) is 0 Å². The second kappa shape index (κ2) is 5.25. The maximum atomic E-state index is 6.24. The average Bonchev–Trinajstić information content (AvgIpc) is 2.74. The summed E-state index contributed by atoms with van der Waals surface area (Å²) in [6, 6.07) is 5.59. The summed E-state index contributed by atoms with van der Waals surface area (Å²) in [6.07, 6.45) is 4.02. The summed E-state index contributed by atoms with van der Waals surface area (Å²) in [5.74, 6) is 1.00. The minimum Gasteiger partial charge on any atom is -0.381 e. The number of aromatic nitrogens is 1. The van der Waals surface area contributed by atoms with Crippen molar-refractivity contribution in [3.63, 3.8) is 0 Å². The lowest BCUT2D eigenvalue weighted by Crippen LogP contribution is -1.83. The summed E-state index contributed by atoms with van der Waals surface area (Å²) >= 11 is 9.53. The van der Waals surface area contributed by atoms with E-state index in [1.807, 2.05) is 24.6 Å². The lowest BCUT2D eigenvalue weighted by Gasteiger charge is -2.08. The minimum atomic E-state index is 0.371. The Morgan fingerprint density at radius 2 is 2.00 bits per heavy atom. The van der Waals surface area contributed by atoms with Crippen LogP contribution >= 0.6 is 35.1 Å². The van der Waals surface area contributed by atoms with Crippen molar-refractivity contribution in [1.82, 2.24) is 5.16 Å². The Morgan fingerprint density at radius 3 is 2.53 bits per heavy atom. The van der Waals surface area contributed by atoms with E-state index in [0.717, 1.165) is 15.4 Å². The van der Waals surface area contributed by atoms with Crippen molar-refractivity contribution in [2.75, 3.05) is 18.2 Å². The first-order valence-corrected chi connectivity index (χ1v) is 7.62. The quantitative estimate of drug-likeness (QED) is 0.864. The number of nitrogens with two attached hydrogens (primary N) is 1. The predicted octanol–water partition coefficient (Wildman–Crippen LogP) is 4.02. The van der Waals surface area contributed by atoms with Crippen LogP contribution in [-0.4, -0.2) is 17.7 Å². The highest BCUT2D eigenvalue weighted by Crippen LogP contribution is 2.38. The van der Waals surface area contributed by atoms with E-state index in [0.29, 0.717) is 16.6 Å². The summed E-state index contributed by atoms with van der Waals surface area (Å²) in [4.78, 5) is 2.20. The third-order valence-electron chi connectivity index (χ3n) is 2.25. The zero-order chi connectivity index (χ0) is 12.4. The highest BCUT2D eigenvalue weighted by Gasteiger charge is 2.12. The molecule has 0 aliphatic heterocycles. The molecule has 0 spiro atoms. The topological polar surface area (TPSA) is 52.0 Å². The number of benzene rings is 1. The van der Waals surface area contributed by atoms with Gasteiger partial charge in [0.15, 0.2) is 11.6 Å². The molecule has 3 nitrogen and oxygen atoms in total. The zero-order valence-electron chi connectivity index (χ0n) is 9.36. The first kappa shape index (κ1) is 12.7. The van der Waals surface area contributed by atoms with Crippen molar-refractivity contribution in [2.24, 2.45) is 0 Å². The number of hydrogen-bond donors (Lipinski definition) is 1. The molecule has 0 unspecified atom stereocenters. The smallest absolute Gasteiger partial charge is 0.169 e. The fourth-order valence-corrected chi connectivity index (χ4v) is 3.55. The Hall–Kier alpha value is -0.780. The van der Waals surface area contributed by atoms with Crippen LogP contribution in [0, 0.1) is 0 Å². The van der Waals surface area contributed by atoms with Crippen LogP contribution in [0.2, 0.25) is 5.02 Å². The molecule has 0 saturated carbocycles. The van der Waals surface area contributed by atoms with E-state index in [1.165, 1.54) is 0 Å². The summed E-state index contributed by atoms with van der Waals surface area (Å²) in [5.41, 5.74) is 6.42. The van der Waals surface area contributed by atoms with E-state index < -0.39 is 0 Å². The van der Waals surface area contributed by atoms with Gasteiger partial charge in [0.1, 0.15) is 0 Å². The maximum Gasteiger partial charge on any atom is 0.169 e. The van der Waals surface area contributed by atoms with Crippen molar-refractivity contribution in [2.45, 2.75) is 9.79 Å². The normalized spacial score (nSPS) is 10.8. The molecule has 0 atom stereocenters. The summed E-state index contributed by atoms with van der Waals surface area (Å²) < 4.78 is 5.13. The van der Waals surface area contributed by atoms with E-state index in [9.17, 15) is 0 Å². The van der Waals surface area contributed by atoms with Gasteiger partial charge in [-0.15, -0.1) is 23.5 Å². The molecule has 0 saturated heterocycles. The number of anilines is 1. The number of thioether (sulfide) groups is 2. The van der Waals surface area contributed by atoms with Gasteiger partial charge in [-0.2, -0.15) is 0 Å². The van der Waals surface area contributed by atoms with Gasteiger partial charge in [-0.05, 0) is 24.6 Å². The number of hydrogen-bond acceptors (Lipinski definition) is 5. The molecule has 2 aromatic rings. The van der Waals surface area contributed by atoms with Gasteiger partial charge < -0.3 is 10.3 Å². The van der Waals surface area contributed by atoms with Crippen molar-refractivity contribution >= 4 is 40.9 Å². The van der Waals surface area contributed by atoms with Gasteiger partial charge >= 0.3 is 0 Å². The van der Waals surface area contributed by atoms with Crippen LogP contribution in [-0.2, 0) is 0 Å².